The van der Waals surface area contributed by atoms with Crippen LogP contribution in [0.15, 0.2) is 24.3 Å². The zero-order valence-electron chi connectivity index (χ0n) is 10.7. The second-order valence-electron chi connectivity index (χ2n) is 4.13. The van der Waals surface area contributed by atoms with Crippen LogP contribution >= 0.6 is 0 Å². The molecule has 0 spiro atoms. The van der Waals surface area contributed by atoms with Gasteiger partial charge in [-0.25, -0.2) is 5.01 Å². The number of benzene rings is 1. The number of morpholine rings is 1. The van der Waals surface area contributed by atoms with Gasteiger partial charge in [-0.05, 0) is 18.2 Å². The third-order valence-electron chi connectivity index (χ3n) is 2.73. The number of carbonyl (C=O) groups excluding carboxylic acids is 1. The summed E-state index contributed by atoms with van der Waals surface area (Å²) in [6, 6.07) is 7.20. The van der Waals surface area contributed by atoms with Crippen molar-refractivity contribution >= 4 is 5.91 Å². The molecule has 1 aliphatic heterocycles. The van der Waals surface area contributed by atoms with Crippen molar-refractivity contribution in [1.82, 2.24) is 10.4 Å². The van der Waals surface area contributed by atoms with E-state index in [1.807, 2.05) is 17.1 Å². The Morgan fingerprint density at radius 3 is 2.95 bits per heavy atom. The molecule has 1 heterocycles. The molecule has 0 unspecified atom stereocenters. The Bertz CT molecular complexity index is 499. The highest BCUT2D eigenvalue weighted by molar-refractivity contribution is 5.94. The maximum atomic E-state index is 12.1. The van der Waals surface area contributed by atoms with Gasteiger partial charge < -0.3 is 10.5 Å². The van der Waals surface area contributed by atoms with E-state index in [0.717, 1.165) is 5.56 Å². The van der Waals surface area contributed by atoms with Gasteiger partial charge in [-0.1, -0.05) is 17.9 Å². The van der Waals surface area contributed by atoms with E-state index in [1.165, 1.54) is 0 Å². The molecule has 1 saturated heterocycles. The predicted octanol–water partition coefficient (Wildman–Crippen LogP) is -0.0262. The Labute approximate surface area is 112 Å². The molecule has 0 saturated carbocycles. The first-order valence-electron chi connectivity index (χ1n) is 6.22. The van der Waals surface area contributed by atoms with Gasteiger partial charge in [0.25, 0.3) is 5.91 Å². The molecule has 19 heavy (non-hydrogen) atoms. The van der Waals surface area contributed by atoms with E-state index in [2.05, 4.69) is 17.3 Å². The molecule has 3 N–H and O–H groups in total. The molecule has 2 rings (SSSR count). The molecule has 100 valence electrons. The SMILES string of the molecule is NCC#Cc1cccc(C(=O)NN2CCOCC2)c1. The molecule has 1 aromatic carbocycles. The third-order valence-corrected chi connectivity index (χ3v) is 2.73. The minimum atomic E-state index is -0.127. The Kier molecular flexibility index (Phi) is 4.93. The lowest BCUT2D eigenvalue weighted by Gasteiger charge is -2.26. The number of carbonyl (C=O) groups is 1. The standard InChI is InChI=1S/C14H17N3O2/c15-6-2-4-12-3-1-5-13(11-12)14(18)16-17-7-9-19-10-8-17/h1,3,5,11H,6-10,15H2,(H,16,18). The van der Waals surface area contributed by atoms with Gasteiger partial charge in [0.2, 0.25) is 0 Å². The van der Waals surface area contributed by atoms with Crippen LogP contribution < -0.4 is 11.2 Å². The van der Waals surface area contributed by atoms with Crippen LogP contribution in [0.3, 0.4) is 0 Å². The first-order chi connectivity index (χ1) is 9.29. The van der Waals surface area contributed by atoms with E-state index in [4.69, 9.17) is 10.5 Å². The number of nitrogens with two attached hydrogens (primary N) is 1. The Morgan fingerprint density at radius 1 is 1.42 bits per heavy atom. The smallest absolute Gasteiger partial charge is 0.265 e. The maximum absolute atomic E-state index is 12.1. The van der Waals surface area contributed by atoms with E-state index in [0.29, 0.717) is 38.4 Å². The average Bonchev–Trinajstić information content (AvgIpc) is 2.46. The summed E-state index contributed by atoms with van der Waals surface area (Å²) < 4.78 is 5.23. The molecule has 1 fully saturated rings. The number of hydrazine groups is 1. The minimum absolute atomic E-state index is 0.127. The number of nitrogens with zero attached hydrogens (tertiary/aromatic N) is 1. The maximum Gasteiger partial charge on any atom is 0.265 e. The molecule has 0 aliphatic carbocycles. The number of hydrogen-bond acceptors (Lipinski definition) is 4. The summed E-state index contributed by atoms with van der Waals surface area (Å²) in [7, 11) is 0. The van der Waals surface area contributed by atoms with Crippen molar-refractivity contribution in [1.29, 1.82) is 0 Å². The van der Waals surface area contributed by atoms with Crippen LogP contribution in [0.25, 0.3) is 0 Å². The van der Waals surface area contributed by atoms with E-state index in [9.17, 15) is 4.79 Å². The number of rotatable bonds is 2. The van der Waals surface area contributed by atoms with Gasteiger partial charge in [-0.15, -0.1) is 0 Å². The molecule has 5 heteroatoms. The van der Waals surface area contributed by atoms with Crippen LogP contribution in [-0.2, 0) is 4.74 Å². The van der Waals surface area contributed by atoms with Crippen LogP contribution in [-0.4, -0.2) is 43.8 Å². The fraction of sp³-hybridized carbons (Fsp3) is 0.357. The molecule has 1 aromatic rings. The zero-order valence-corrected chi connectivity index (χ0v) is 10.7. The number of amides is 1. The average molecular weight is 259 g/mol. The highest BCUT2D eigenvalue weighted by Crippen LogP contribution is 2.05. The molecule has 1 aliphatic rings. The highest BCUT2D eigenvalue weighted by Gasteiger charge is 2.14. The number of nitrogens with one attached hydrogen (secondary N) is 1. The van der Waals surface area contributed by atoms with Crippen LogP contribution in [0.2, 0.25) is 0 Å². The van der Waals surface area contributed by atoms with Crippen LogP contribution in [0.5, 0.6) is 0 Å². The van der Waals surface area contributed by atoms with Gasteiger partial charge in [0.1, 0.15) is 0 Å². The molecular weight excluding hydrogens is 242 g/mol. The summed E-state index contributed by atoms with van der Waals surface area (Å²) in [5.41, 5.74) is 9.57. The van der Waals surface area contributed by atoms with Gasteiger partial charge in [-0.3, -0.25) is 10.2 Å². The molecule has 0 bridgehead atoms. The second-order valence-corrected chi connectivity index (χ2v) is 4.13. The Hall–Kier alpha value is -1.87. The molecule has 0 radical (unpaired) electrons. The summed E-state index contributed by atoms with van der Waals surface area (Å²) in [5, 5.41) is 1.87. The zero-order chi connectivity index (χ0) is 13.5. The molecular formula is C14H17N3O2. The van der Waals surface area contributed by atoms with Gasteiger partial charge in [0, 0.05) is 24.2 Å². The van der Waals surface area contributed by atoms with Crippen molar-refractivity contribution in [3.63, 3.8) is 0 Å². The van der Waals surface area contributed by atoms with E-state index in [1.54, 1.807) is 12.1 Å². The molecule has 5 nitrogen and oxygen atoms in total. The summed E-state index contributed by atoms with van der Waals surface area (Å²) in [5.74, 6) is 5.56. The Balaban J connectivity index is 2.01. The van der Waals surface area contributed by atoms with Crippen molar-refractivity contribution in [2.75, 3.05) is 32.8 Å². The lowest BCUT2D eigenvalue weighted by Crippen LogP contribution is -2.48. The largest absolute Gasteiger partial charge is 0.379 e. The predicted molar refractivity (Wildman–Crippen MR) is 72.2 cm³/mol. The molecule has 0 aromatic heterocycles. The van der Waals surface area contributed by atoms with Crippen LogP contribution in [0.1, 0.15) is 15.9 Å². The third kappa shape index (κ3) is 4.07. The fourth-order valence-corrected chi connectivity index (χ4v) is 1.77. The van der Waals surface area contributed by atoms with Crippen molar-refractivity contribution in [2.24, 2.45) is 5.73 Å². The van der Waals surface area contributed by atoms with E-state index < -0.39 is 0 Å². The first-order valence-corrected chi connectivity index (χ1v) is 6.22. The number of ether oxygens (including phenoxy) is 1. The summed E-state index contributed by atoms with van der Waals surface area (Å²) in [6.07, 6.45) is 0. The normalized spacial score (nSPS) is 15.4. The van der Waals surface area contributed by atoms with Crippen molar-refractivity contribution < 1.29 is 9.53 Å². The molecule has 0 atom stereocenters. The number of hydrogen-bond donors (Lipinski definition) is 2. The van der Waals surface area contributed by atoms with Crippen LogP contribution in [0, 0.1) is 11.8 Å². The lowest BCUT2D eigenvalue weighted by molar-refractivity contribution is 0.0126. The second kappa shape index (κ2) is 6.90. The van der Waals surface area contributed by atoms with Crippen molar-refractivity contribution in [3.05, 3.63) is 35.4 Å². The summed E-state index contributed by atoms with van der Waals surface area (Å²) in [4.78, 5) is 12.1. The lowest BCUT2D eigenvalue weighted by atomic mass is 10.1. The fourth-order valence-electron chi connectivity index (χ4n) is 1.77. The first kappa shape index (κ1) is 13.6. The minimum Gasteiger partial charge on any atom is -0.379 e. The quantitative estimate of drug-likeness (QED) is 0.732. The van der Waals surface area contributed by atoms with Gasteiger partial charge >= 0.3 is 0 Å². The van der Waals surface area contributed by atoms with Crippen molar-refractivity contribution in [3.8, 4) is 11.8 Å². The highest BCUT2D eigenvalue weighted by atomic mass is 16.5. The van der Waals surface area contributed by atoms with Gasteiger partial charge in [0.05, 0.1) is 19.8 Å². The van der Waals surface area contributed by atoms with E-state index >= 15 is 0 Å². The molecule has 1 amide bonds. The topological polar surface area (TPSA) is 67.6 Å². The summed E-state index contributed by atoms with van der Waals surface area (Å²) >= 11 is 0. The van der Waals surface area contributed by atoms with Gasteiger partial charge in [-0.2, -0.15) is 0 Å². The van der Waals surface area contributed by atoms with Gasteiger partial charge in [0.15, 0.2) is 0 Å². The summed E-state index contributed by atoms with van der Waals surface area (Å²) in [6.45, 7) is 3.01. The van der Waals surface area contributed by atoms with Crippen LogP contribution in [0.4, 0.5) is 0 Å². The van der Waals surface area contributed by atoms with Crippen molar-refractivity contribution in [2.45, 2.75) is 0 Å². The Morgan fingerprint density at radius 2 is 2.21 bits per heavy atom. The monoisotopic (exact) mass is 259 g/mol. The van der Waals surface area contributed by atoms with E-state index in [-0.39, 0.29) is 5.91 Å².